The van der Waals surface area contributed by atoms with Crippen LogP contribution in [0.4, 0.5) is 5.69 Å². The molecule has 1 fully saturated rings. The molecule has 0 aliphatic heterocycles. The summed E-state index contributed by atoms with van der Waals surface area (Å²) in [6, 6.07) is 6.39. The molecule has 24 heavy (non-hydrogen) atoms. The van der Waals surface area contributed by atoms with Gasteiger partial charge in [0.15, 0.2) is 0 Å². The molecule has 1 amide bonds. The normalized spacial score (nSPS) is 28.3. The van der Waals surface area contributed by atoms with Crippen LogP contribution in [0.3, 0.4) is 0 Å². The van der Waals surface area contributed by atoms with Crippen molar-refractivity contribution in [3.8, 4) is 0 Å². The predicted molar refractivity (Wildman–Crippen MR) is 108 cm³/mol. The number of hydrogen-bond acceptors (Lipinski definition) is 3. The second-order valence-corrected chi connectivity index (χ2v) is 10.8. The zero-order valence-electron chi connectivity index (χ0n) is 15.8. The largest absolute Gasteiger partial charge is 0.325 e. The Hall–Kier alpha value is -0.610. The minimum absolute atomic E-state index is 0.0000762. The van der Waals surface area contributed by atoms with Crippen LogP contribution in [0.1, 0.15) is 58.1 Å². The Morgan fingerprint density at radius 2 is 1.79 bits per heavy atom. The molecule has 4 heteroatoms. The summed E-state index contributed by atoms with van der Waals surface area (Å²) in [5.41, 5.74) is 3.97. The fraction of sp³-hybridized carbons (Fsp3) is 0.650. The molecule has 1 N–H and O–H groups in total. The van der Waals surface area contributed by atoms with E-state index in [0.29, 0.717) is 5.92 Å². The average Bonchev–Trinajstić information content (AvgIpc) is 2.90. The molecular formula is C20H29NOS2. The van der Waals surface area contributed by atoms with Crippen LogP contribution in [0.2, 0.25) is 0 Å². The second kappa shape index (κ2) is 5.70. The third-order valence-electron chi connectivity index (χ3n) is 6.19. The summed E-state index contributed by atoms with van der Waals surface area (Å²) in [4.78, 5) is 13.1. The van der Waals surface area contributed by atoms with Gasteiger partial charge in [-0.05, 0) is 47.5 Å². The molecule has 0 unspecified atom stereocenters. The van der Waals surface area contributed by atoms with Crippen LogP contribution in [0.5, 0.6) is 0 Å². The molecule has 0 saturated heterocycles. The lowest BCUT2D eigenvalue weighted by molar-refractivity contribution is -0.118. The minimum atomic E-state index is -0.0000762. The summed E-state index contributed by atoms with van der Waals surface area (Å²) >= 11 is 3.64. The minimum Gasteiger partial charge on any atom is -0.325 e. The number of hydrogen-bond donors (Lipinski definition) is 1. The number of carbonyl (C=O) groups excluding carboxylic acids is 1. The number of rotatable bonds is 4. The lowest BCUT2D eigenvalue weighted by Crippen LogP contribution is -2.20. The van der Waals surface area contributed by atoms with Gasteiger partial charge in [0.2, 0.25) is 5.91 Å². The molecule has 1 aromatic rings. The van der Waals surface area contributed by atoms with E-state index in [4.69, 9.17) is 0 Å². The van der Waals surface area contributed by atoms with Gasteiger partial charge in [0.1, 0.15) is 0 Å². The van der Waals surface area contributed by atoms with Gasteiger partial charge >= 0.3 is 0 Å². The first-order valence-electron chi connectivity index (χ1n) is 8.67. The first-order chi connectivity index (χ1) is 11.1. The number of nitrogens with one attached hydrogen (secondary N) is 1. The first-order valence-corrected chi connectivity index (χ1v) is 11.1. The Morgan fingerprint density at radius 1 is 1.17 bits per heavy atom. The summed E-state index contributed by atoms with van der Waals surface area (Å²) in [6.45, 7) is 11.3. The zero-order chi connectivity index (χ0) is 17.9. The standard InChI is InChI=1S/C20H29NOS2/c1-12-11-18(2,3)13-9-8-10-14(15(12)13)21-17(22)16-19(4,5)20(16,23-6)24-7/h8-10,12,16H,11H2,1-7H3,(H,21,22)/t12-,16-/m0/s1. The van der Waals surface area contributed by atoms with Crippen molar-refractivity contribution in [2.24, 2.45) is 11.3 Å². The summed E-state index contributed by atoms with van der Waals surface area (Å²) in [5, 5.41) is 3.29. The summed E-state index contributed by atoms with van der Waals surface area (Å²) < 4.78 is -0.0000762. The number of benzene rings is 1. The number of carbonyl (C=O) groups is 1. The highest BCUT2D eigenvalue weighted by molar-refractivity contribution is 8.18. The monoisotopic (exact) mass is 363 g/mol. The average molecular weight is 364 g/mol. The van der Waals surface area contributed by atoms with E-state index in [-0.39, 0.29) is 26.7 Å². The van der Waals surface area contributed by atoms with Crippen LogP contribution in [-0.4, -0.2) is 22.5 Å². The van der Waals surface area contributed by atoms with Crippen molar-refractivity contribution in [2.45, 2.75) is 56.5 Å². The Morgan fingerprint density at radius 3 is 2.33 bits per heavy atom. The van der Waals surface area contributed by atoms with Gasteiger partial charge in [0, 0.05) is 11.1 Å². The Kier molecular flexibility index (Phi) is 4.32. The smallest absolute Gasteiger partial charge is 0.230 e. The van der Waals surface area contributed by atoms with Crippen LogP contribution in [-0.2, 0) is 10.2 Å². The van der Waals surface area contributed by atoms with Crippen molar-refractivity contribution < 1.29 is 4.79 Å². The molecule has 0 bridgehead atoms. The Labute approximate surface area is 154 Å². The van der Waals surface area contributed by atoms with Crippen molar-refractivity contribution in [1.82, 2.24) is 0 Å². The van der Waals surface area contributed by atoms with E-state index in [1.807, 2.05) is 23.5 Å². The number of anilines is 1. The van der Waals surface area contributed by atoms with Crippen molar-refractivity contribution in [3.63, 3.8) is 0 Å². The molecule has 2 atom stereocenters. The maximum atomic E-state index is 13.1. The highest BCUT2D eigenvalue weighted by Crippen LogP contribution is 2.73. The highest BCUT2D eigenvalue weighted by Gasteiger charge is 2.74. The van der Waals surface area contributed by atoms with Crippen molar-refractivity contribution in [1.29, 1.82) is 0 Å². The van der Waals surface area contributed by atoms with Gasteiger partial charge in [-0.15, -0.1) is 23.5 Å². The van der Waals surface area contributed by atoms with Crippen LogP contribution in [0.15, 0.2) is 18.2 Å². The lowest BCUT2D eigenvalue weighted by Gasteiger charge is -2.19. The maximum Gasteiger partial charge on any atom is 0.230 e. The Bertz CT molecular complexity index is 676. The quantitative estimate of drug-likeness (QED) is 0.717. The molecule has 3 rings (SSSR count). The maximum absolute atomic E-state index is 13.1. The fourth-order valence-electron chi connectivity index (χ4n) is 5.01. The van der Waals surface area contributed by atoms with E-state index >= 15 is 0 Å². The second-order valence-electron chi connectivity index (χ2n) is 8.48. The van der Waals surface area contributed by atoms with E-state index in [1.165, 1.54) is 11.1 Å². The summed E-state index contributed by atoms with van der Waals surface area (Å²) in [5.74, 6) is 0.717. The SMILES string of the molecule is CSC1(SC)[C@@H](C(=O)Nc2cccc3c2[C@@H](C)CC3(C)C)C1(C)C. The van der Waals surface area contributed by atoms with Crippen LogP contribution in [0.25, 0.3) is 0 Å². The third kappa shape index (κ3) is 2.36. The molecule has 0 aromatic heterocycles. The van der Waals surface area contributed by atoms with Crippen molar-refractivity contribution in [2.75, 3.05) is 17.8 Å². The van der Waals surface area contributed by atoms with E-state index in [1.54, 1.807) is 0 Å². The zero-order valence-corrected chi connectivity index (χ0v) is 17.5. The molecule has 1 saturated carbocycles. The van der Waals surface area contributed by atoms with E-state index in [9.17, 15) is 4.79 Å². The number of amides is 1. The van der Waals surface area contributed by atoms with Gasteiger partial charge in [-0.1, -0.05) is 46.8 Å². The molecule has 2 aliphatic rings. The van der Waals surface area contributed by atoms with E-state index in [2.05, 4.69) is 70.6 Å². The van der Waals surface area contributed by atoms with E-state index in [0.717, 1.165) is 12.1 Å². The van der Waals surface area contributed by atoms with Crippen LogP contribution in [0, 0.1) is 11.3 Å². The molecule has 0 spiro atoms. The molecular weight excluding hydrogens is 334 g/mol. The highest BCUT2D eigenvalue weighted by atomic mass is 32.2. The van der Waals surface area contributed by atoms with Crippen molar-refractivity contribution >= 4 is 35.1 Å². The molecule has 0 radical (unpaired) electrons. The van der Waals surface area contributed by atoms with Gasteiger partial charge in [-0.2, -0.15) is 0 Å². The van der Waals surface area contributed by atoms with Gasteiger partial charge in [0.05, 0.1) is 10.00 Å². The number of thioether (sulfide) groups is 2. The molecule has 132 valence electrons. The van der Waals surface area contributed by atoms with Gasteiger partial charge < -0.3 is 5.32 Å². The Balaban J connectivity index is 1.89. The predicted octanol–water partition coefficient (Wildman–Crippen LogP) is 5.49. The summed E-state index contributed by atoms with van der Waals surface area (Å²) in [6.07, 6.45) is 5.39. The van der Waals surface area contributed by atoms with Crippen molar-refractivity contribution in [3.05, 3.63) is 29.3 Å². The van der Waals surface area contributed by atoms with E-state index < -0.39 is 0 Å². The lowest BCUT2D eigenvalue weighted by atomic mass is 9.86. The van der Waals surface area contributed by atoms with Gasteiger partial charge in [-0.25, -0.2) is 0 Å². The van der Waals surface area contributed by atoms with Crippen LogP contribution >= 0.6 is 23.5 Å². The van der Waals surface area contributed by atoms with Crippen LogP contribution < -0.4 is 5.32 Å². The fourth-order valence-corrected chi connectivity index (χ4v) is 8.12. The summed E-state index contributed by atoms with van der Waals surface area (Å²) in [7, 11) is 0. The van der Waals surface area contributed by atoms with Gasteiger partial charge in [0.25, 0.3) is 0 Å². The molecule has 0 heterocycles. The molecule has 1 aromatic carbocycles. The first kappa shape index (κ1) is 18.2. The third-order valence-corrected chi connectivity index (χ3v) is 9.92. The van der Waals surface area contributed by atoms with Gasteiger partial charge in [-0.3, -0.25) is 4.79 Å². The molecule has 2 aliphatic carbocycles. The number of fused-ring (bicyclic) bond motifs is 1. The molecule has 2 nitrogen and oxygen atoms in total. The topological polar surface area (TPSA) is 29.1 Å².